The van der Waals surface area contributed by atoms with Crippen molar-refractivity contribution in [1.82, 2.24) is 5.32 Å². The monoisotopic (exact) mass is 555 g/mol. The maximum atomic E-state index is 13.4. The third-order valence-corrected chi connectivity index (χ3v) is 8.54. The van der Waals surface area contributed by atoms with Crippen LogP contribution in [0.4, 0.5) is 11.4 Å². The molecule has 3 aromatic rings. The Morgan fingerprint density at radius 3 is 2.20 bits per heavy atom. The van der Waals surface area contributed by atoms with E-state index in [1.807, 2.05) is 19.1 Å². The number of nitrogens with one attached hydrogen (secondary N) is 1. The molecule has 1 aliphatic heterocycles. The maximum Gasteiger partial charge on any atom is 0.264 e. The molecule has 1 aliphatic rings. The lowest BCUT2D eigenvalue weighted by molar-refractivity contribution is -0.120. The number of piperidine rings is 1. The Balaban J connectivity index is 1.49. The first kappa shape index (κ1) is 25.3. The molecule has 1 saturated heterocycles. The molecular weight excluding hydrogens is 526 g/mol. The van der Waals surface area contributed by atoms with Gasteiger partial charge in [-0.3, -0.25) is 9.10 Å². The van der Waals surface area contributed by atoms with Crippen LogP contribution < -0.4 is 14.5 Å². The molecule has 1 fully saturated rings. The highest BCUT2D eigenvalue weighted by atomic mass is 79.9. The first-order valence-electron chi connectivity index (χ1n) is 11.8. The van der Waals surface area contributed by atoms with Gasteiger partial charge in [0, 0.05) is 23.2 Å². The highest BCUT2D eigenvalue weighted by Gasteiger charge is 2.27. The van der Waals surface area contributed by atoms with Crippen LogP contribution >= 0.6 is 15.9 Å². The van der Waals surface area contributed by atoms with Crippen LogP contribution in [0.5, 0.6) is 0 Å². The standard InChI is InChI=1S/C27H30BrN3O3S/c1-21(22-10-14-24(15-11-22)30-18-6-3-7-19-30)29-27(32)20-31(25-16-12-23(28)13-17-25)35(33,34)26-8-4-2-5-9-26/h2,4-5,8-17,21H,3,6-7,18-20H2,1H3,(H,29,32). The molecule has 1 atom stereocenters. The van der Waals surface area contributed by atoms with Gasteiger partial charge in [-0.05, 0) is 80.3 Å². The summed E-state index contributed by atoms with van der Waals surface area (Å²) in [6.07, 6.45) is 3.72. The van der Waals surface area contributed by atoms with Crippen molar-refractivity contribution in [2.24, 2.45) is 0 Å². The third-order valence-electron chi connectivity index (χ3n) is 6.22. The summed E-state index contributed by atoms with van der Waals surface area (Å²) < 4.78 is 28.8. The smallest absolute Gasteiger partial charge is 0.264 e. The first-order valence-corrected chi connectivity index (χ1v) is 14.1. The number of hydrogen-bond donors (Lipinski definition) is 1. The summed E-state index contributed by atoms with van der Waals surface area (Å²) in [7, 11) is -3.93. The SMILES string of the molecule is CC(NC(=O)CN(c1ccc(Br)cc1)S(=O)(=O)c1ccccc1)c1ccc(N2CCCCC2)cc1. The molecule has 0 bridgehead atoms. The summed E-state index contributed by atoms with van der Waals surface area (Å²) in [4.78, 5) is 15.6. The van der Waals surface area contributed by atoms with Gasteiger partial charge in [-0.25, -0.2) is 8.42 Å². The van der Waals surface area contributed by atoms with Crippen LogP contribution in [0.25, 0.3) is 0 Å². The van der Waals surface area contributed by atoms with E-state index in [9.17, 15) is 13.2 Å². The largest absolute Gasteiger partial charge is 0.372 e. The molecule has 1 unspecified atom stereocenters. The van der Waals surface area contributed by atoms with Crippen LogP contribution in [0.2, 0.25) is 0 Å². The van der Waals surface area contributed by atoms with Crippen LogP contribution in [0.3, 0.4) is 0 Å². The van der Waals surface area contributed by atoms with Crippen molar-refractivity contribution in [1.29, 1.82) is 0 Å². The van der Waals surface area contributed by atoms with Crippen molar-refractivity contribution >= 4 is 43.2 Å². The molecule has 0 aromatic heterocycles. The Bertz CT molecular complexity index is 1230. The lowest BCUT2D eigenvalue weighted by Gasteiger charge is -2.29. The minimum atomic E-state index is -3.93. The molecule has 0 aliphatic carbocycles. The molecule has 8 heteroatoms. The highest BCUT2D eigenvalue weighted by molar-refractivity contribution is 9.10. The molecule has 4 rings (SSSR count). The van der Waals surface area contributed by atoms with E-state index in [4.69, 9.17) is 0 Å². The number of nitrogens with zero attached hydrogens (tertiary/aromatic N) is 2. The number of benzene rings is 3. The summed E-state index contributed by atoms with van der Waals surface area (Å²) in [6, 6.07) is 23.0. The Morgan fingerprint density at radius 1 is 0.943 bits per heavy atom. The zero-order valence-corrected chi connectivity index (χ0v) is 22.1. The van der Waals surface area contributed by atoms with Crippen molar-refractivity contribution in [3.63, 3.8) is 0 Å². The highest BCUT2D eigenvalue weighted by Crippen LogP contribution is 2.26. The predicted octanol–water partition coefficient (Wildman–Crippen LogP) is 5.51. The minimum absolute atomic E-state index is 0.136. The van der Waals surface area contributed by atoms with Crippen LogP contribution in [-0.2, 0) is 14.8 Å². The third kappa shape index (κ3) is 6.24. The fraction of sp³-hybridized carbons (Fsp3) is 0.296. The number of halogens is 1. The van der Waals surface area contributed by atoms with E-state index < -0.39 is 10.0 Å². The van der Waals surface area contributed by atoms with E-state index in [-0.39, 0.29) is 23.4 Å². The molecule has 1 amide bonds. The second-order valence-corrected chi connectivity index (χ2v) is 11.5. The number of amides is 1. The second kappa shape index (κ2) is 11.3. The fourth-order valence-electron chi connectivity index (χ4n) is 4.27. The lowest BCUT2D eigenvalue weighted by atomic mass is 10.1. The lowest BCUT2D eigenvalue weighted by Crippen LogP contribution is -2.41. The van der Waals surface area contributed by atoms with E-state index in [0.29, 0.717) is 5.69 Å². The van der Waals surface area contributed by atoms with E-state index in [1.54, 1.807) is 42.5 Å². The van der Waals surface area contributed by atoms with Crippen LogP contribution in [0.15, 0.2) is 88.2 Å². The zero-order valence-electron chi connectivity index (χ0n) is 19.7. The second-order valence-electron chi connectivity index (χ2n) is 8.73. The Labute approximate surface area is 216 Å². The van der Waals surface area contributed by atoms with E-state index in [1.165, 1.54) is 37.1 Å². The van der Waals surface area contributed by atoms with Gasteiger partial charge in [0.15, 0.2) is 0 Å². The Hall–Kier alpha value is -2.84. The van der Waals surface area contributed by atoms with Crippen molar-refractivity contribution in [3.05, 3.63) is 88.9 Å². The van der Waals surface area contributed by atoms with Gasteiger partial charge in [-0.15, -0.1) is 0 Å². The molecule has 184 valence electrons. The van der Waals surface area contributed by atoms with E-state index >= 15 is 0 Å². The minimum Gasteiger partial charge on any atom is -0.372 e. The molecular formula is C27H30BrN3O3S. The number of sulfonamides is 1. The van der Waals surface area contributed by atoms with Crippen LogP contribution in [-0.4, -0.2) is 34.0 Å². The zero-order chi connectivity index (χ0) is 24.8. The van der Waals surface area contributed by atoms with E-state index in [0.717, 1.165) is 27.4 Å². The van der Waals surface area contributed by atoms with Crippen molar-refractivity contribution < 1.29 is 13.2 Å². The van der Waals surface area contributed by atoms with Gasteiger partial charge in [-0.1, -0.05) is 46.3 Å². The van der Waals surface area contributed by atoms with Crippen LogP contribution in [0.1, 0.15) is 37.8 Å². The normalized spacial score (nSPS) is 14.9. The number of rotatable bonds is 8. The summed E-state index contributed by atoms with van der Waals surface area (Å²) in [6.45, 7) is 3.74. The molecule has 0 saturated carbocycles. The maximum absolute atomic E-state index is 13.4. The van der Waals surface area contributed by atoms with Gasteiger partial charge in [0.05, 0.1) is 16.6 Å². The number of hydrogen-bond acceptors (Lipinski definition) is 4. The van der Waals surface area contributed by atoms with Gasteiger partial charge in [-0.2, -0.15) is 0 Å². The number of anilines is 2. The van der Waals surface area contributed by atoms with Gasteiger partial charge < -0.3 is 10.2 Å². The molecule has 3 aromatic carbocycles. The topological polar surface area (TPSA) is 69.7 Å². The quantitative estimate of drug-likeness (QED) is 0.397. The Kier molecular flexibility index (Phi) is 8.13. The molecule has 1 N–H and O–H groups in total. The molecule has 1 heterocycles. The van der Waals surface area contributed by atoms with Gasteiger partial charge in [0.1, 0.15) is 6.54 Å². The van der Waals surface area contributed by atoms with Crippen molar-refractivity contribution in [2.75, 3.05) is 28.8 Å². The summed E-state index contributed by atoms with van der Waals surface area (Å²) in [5.41, 5.74) is 2.59. The van der Waals surface area contributed by atoms with Gasteiger partial charge in [0.25, 0.3) is 10.0 Å². The average molecular weight is 557 g/mol. The number of carbonyl (C=O) groups is 1. The van der Waals surface area contributed by atoms with Gasteiger partial charge in [0.2, 0.25) is 5.91 Å². The predicted molar refractivity (Wildman–Crippen MR) is 144 cm³/mol. The molecule has 0 radical (unpaired) electrons. The van der Waals surface area contributed by atoms with Crippen molar-refractivity contribution in [3.8, 4) is 0 Å². The van der Waals surface area contributed by atoms with Crippen molar-refractivity contribution in [2.45, 2.75) is 37.1 Å². The summed E-state index contributed by atoms with van der Waals surface area (Å²) in [5, 5.41) is 2.96. The van der Waals surface area contributed by atoms with Crippen LogP contribution in [0, 0.1) is 0 Å². The van der Waals surface area contributed by atoms with E-state index in [2.05, 4.69) is 38.3 Å². The molecule has 6 nitrogen and oxygen atoms in total. The molecule has 0 spiro atoms. The summed E-state index contributed by atoms with van der Waals surface area (Å²) in [5.74, 6) is -0.375. The Morgan fingerprint density at radius 2 is 1.57 bits per heavy atom. The average Bonchev–Trinajstić information content (AvgIpc) is 2.89. The number of carbonyl (C=O) groups excluding carboxylic acids is 1. The first-order chi connectivity index (χ1) is 16.8. The fourth-order valence-corrected chi connectivity index (χ4v) is 5.98. The van der Waals surface area contributed by atoms with Gasteiger partial charge >= 0.3 is 0 Å². The summed E-state index contributed by atoms with van der Waals surface area (Å²) >= 11 is 3.38. The molecule has 35 heavy (non-hydrogen) atoms.